The summed E-state index contributed by atoms with van der Waals surface area (Å²) in [5.74, 6) is 0.821. The summed E-state index contributed by atoms with van der Waals surface area (Å²) >= 11 is 5.89. The number of carbonyl (C=O) groups is 2. The standard InChI is InChI=1S/C22H16ClF3N6O4/c1-35-21(34)32-19-29-15-6-4-13(9-17(15)30-19)36-18-7-3-12(10-27-18)28-20(33)31-16-8-11(22(24,25)26)2-5-14(16)23/h2-10H,1H3,(H2,28,31,33)(H2,29,30,32,34). The highest BCUT2D eigenvalue weighted by atomic mass is 35.5. The number of halogens is 4. The molecule has 0 aliphatic heterocycles. The van der Waals surface area contributed by atoms with Gasteiger partial charge in [-0.1, -0.05) is 11.6 Å². The Balaban J connectivity index is 1.39. The number of alkyl halides is 3. The van der Waals surface area contributed by atoms with Gasteiger partial charge in [0.15, 0.2) is 0 Å². The summed E-state index contributed by atoms with van der Waals surface area (Å²) in [6, 6.07) is 9.71. The van der Waals surface area contributed by atoms with Gasteiger partial charge in [0.1, 0.15) is 5.75 Å². The highest BCUT2D eigenvalue weighted by Crippen LogP contribution is 2.34. The first-order valence-electron chi connectivity index (χ1n) is 10.0. The van der Waals surface area contributed by atoms with E-state index in [-0.39, 0.29) is 28.2 Å². The third-order valence-corrected chi connectivity index (χ3v) is 4.95. The normalized spacial score (nSPS) is 11.1. The Bertz CT molecular complexity index is 1430. The molecule has 0 aliphatic carbocycles. The van der Waals surface area contributed by atoms with Crippen molar-refractivity contribution in [2.24, 2.45) is 0 Å². The molecule has 0 spiro atoms. The van der Waals surface area contributed by atoms with E-state index in [0.29, 0.717) is 16.8 Å². The van der Waals surface area contributed by atoms with Crippen LogP contribution in [0, 0.1) is 0 Å². The van der Waals surface area contributed by atoms with Crippen LogP contribution >= 0.6 is 11.6 Å². The summed E-state index contributed by atoms with van der Waals surface area (Å²) in [6.45, 7) is 0. The van der Waals surface area contributed by atoms with Crippen LogP contribution in [-0.2, 0) is 10.9 Å². The molecule has 4 N–H and O–H groups in total. The highest BCUT2D eigenvalue weighted by Gasteiger charge is 2.31. The van der Waals surface area contributed by atoms with E-state index in [1.165, 1.54) is 25.4 Å². The average Bonchev–Trinajstić information content (AvgIpc) is 3.22. The lowest BCUT2D eigenvalue weighted by atomic mass is 10.2. The predicted molar refractivity (Wildman–Crippen MR) is 126 cm³/mol. The number of aromatic nitrogens is 3. The van der Waals surface area contributed by atoms with E-state index < -0.39 is 23.9 Å². The van der Waals surface area contributed by atoms with Gasteiger partial charge in [0.05, 0.1) is 46.3 Å². The number of hydrogen-bond donors (Lipinski definition) is 4. The van der Waals surface area contributed by atoms with Gasteiger partial charge in [-0.15, -0.1) is 0 Å². The molecule has 0 aliphatic rings. The molecule has 2 aromatic carbocycles. The lowest BCUT2D eigenvalue weighted by molar-refractivity contribution is -0.137. The van der Waals surface area contributed by atoms with Crippen molar-refractivity contribution in [1.82, 2.24) is 15.0 Å². The van der Waals surface area contributed by atoms with Crippen LogP contribution < -0.4 is 20.7 Å². The van der Waals surface area contributed by atoms with Crippen molar-refractivity contribution in [3.8, 4) is 11.6 Å². The Morgan fingerprint density at radius 3 is 2.53 bits per heavy atom. The maximum absolute atomic E-state index is 12.9. The Hall–Kier alpha value is -4.52. The van der Waals surface area contributed by atoms with Gasteiger partial charge in [0.2, 0.25) is 11.8 Å². The van der Waals surface area contributed by atoms with Crippen LogP contribution in [0.25, 0.3) is 11.0 Å². The molecular formula is C22H16ClF3N6O4. The minimum Gasteiger partial charge on any atom is -0.453 e. The Morgan fingerprint density at radius 2 is 1.83 bits per heavy atom. The summed E-state index contributed by atoms with van der Waals surface area (Å²) in [7, 11) is 1.23. The fraction of sp³-hybridized carbons (Fsp3) is 0.0909. The molecular weight excluding hydrogens is 505 g/mol. The van der Waals surface area contributed by atoms with Crippen molar-refractivity contribution in [2.45, 2.75) is 6.18 Å². The molecule has 10 nitrogen and oxygen atoms in total. The number of rotatable bonds is 5. The maximum atomic E-state index is 12.9. The Labute approximate surface area is 205 Å². The summed E-state index contributed by atoms with van der Waals surface area (Å²) in [6.07, 6.45) is -3.95. The van der Waals surface area contributed by atoms with E-state index in [0.717, 1.165) is 18.2 Å². The number of carbonyl (C=O) groups excluding carboxylic acids is 2. The molecule has 0 fully saturated rings. The lowest BCUT2D eigenvalue weighted by Gasteiger charge is -2.12. The van der Waals surface area contributed by atoms with E-state index in [2.05, 4.69) is 35.6 Å². The van der Waals surface area contributed by atoms with E-state index in [1.807, 2.05) is 0 Å². The van der Waals surface area contributed by atoms with Crippen LogP contribution in [0.1, 0.15) is 5.56 Å². The number of hydrogen-bond acceptors (Lipinski definition) is 6. The lowest BCUT2D eigenvalue weighted by Crippen LogP contribution is -2.20. The molecule has 4 rings (SSSR count). The molecule has 0 atom stereocenters. The minimum absolute atomic E-state index is 0.0533. The van der Waals surface area contributed by atoms with Crippen molar-refractivity contribution in [3.63, 3.8) is 0 Å². The third kappa shape index (κ3) is 5.93. The first-order valence-corrected chi connectivity index (χ1v) is 10.4. The number of ether oxygens (including phenoxy) is 2. The van der Waals surface area contributed by atoms with Gasteiger partial charge < -0.3 is 25.1 Å². The monoisotopic (exact) mass is 520 g/mol. The van der Waals surface area contributed by atoms with Crippen molar-refractivity contribution in [1.29, 1.82) is 0 Å². The summed E-state index contributed by atoms with van der Waals surface area (Å²) in [5, 5.41) is 7.09. The van der Waals surface area contributed by atoms with Gasteiger partial charge in [-0.25, -0.2) is 19.6 Å². The predicted octanol–water partition coefficient (Wildman–Crippen LogP) is 6.24. The molecule has 0 radical (unpaired) electrons. The number of amides is 3. The Kier molecular flexibility index (Phi) is 6.83. The SMILES string of the molecule is COC(=O)Nc1nc2ccc(Oc3ccc(NC(=O)Nc4cc(C(F)(F)F)ccc4Cl)cn3)cc2[nH]1. The largest absolute Gasteiger partial charge is 0.453 e. The third-order valence-electron chi connectivity index (χ3n) is 4.62. The summed E-state index contributed by atoms with van der Waals surface area (Å²) < 4.78 is 48.9. The number of H-pyrrole nitrogens is 1. The molecule has 2 aromatic heterocycles. The highest BCUT2D eigenvalue weighted by molar-refractivity contribution is 6.33. The quantitative estimate of drug-likeness (QED) is 0.246. The van der Waals surface area contributed by atoms with Crippen LogP contribution in [0.4, 0.5) is 40.1 Å². The average molecular weight is 521 g/mol. The number of anilines is 3. The number of urea groups is 1. The first kappa shape index (κ1) is 24.6. The number of aromatic amines is 1. The van der Waals surface area contributed by atoms with Gasteiger partial charge in [-0.05, 0) is 36.4 Å². The van der Waals surface area contributed by atoms with Crippen LogP contribution in [0.15, 0.2) is 54.7 Å². The number of fused-ring (bicyclic) bond motifs is 1. The topological polar surface area (TPSA) is 130 Å². The zero-order valence-corrected chi connectivity index (χ0v) is 19.0. The molecule has 4 aromatic rings. The zero-order chi connectivity index (χ0) is 25.9. The van der Waals surface area contributed by atoms with Crippen molar-refractivity contribution in [2.75, 3.05) is 23.1 Å². The van der Waals surface area contributed by atoms with E-state index in [1.54, 1.807) is 18.2 Å². The number of methoxy groups -OCH3 is 1. The second-order valence-corrected chi connectivity index (χ2v) is 7.55. The molecule has 0 saturated heterocycles. The van der Waals surface area contributed by atoms with E-state index in [4.69, 9.17) is 16.3 Å². The maximum Gasteiger partial charge on any atom is 0.416 e. The molecule has 3 amide bonds. The summed E-state index contributed by atoms with van der Waals surface area (Å²) in [5.41, 5.74) is 0.270. The minimum atomic E-state index is -4.58. The number of benzene rings is 2. The van der Waals surface area contributed by atoms with Crippen molar-refractivity contribution in [3.05, 3.63) is 65.3 Å². The van der Waals surface area contributed by atoms with Crippen LogP contribution in [0.3, 0.4) is 0 Å². The molecule has 0 bridgehead atoms. The summed E-state index contributed by atoms with van der Waals surface area (Å²) in [4.78, 5) is 34.7. The van der Waals surface area contributed by atoms with E-state index >= 15 is 0 Å². The number of nitrogens with zero attached hydrogens (tertiary/aromatic N) is 2. The molecule has 14 heteroatoms. The van der Waals surface area contributed by atoms with Gasteiger partial charge in [0.25, 0.3) is 0 Å². The molecule has 0 saturated carbocycles. The van der Waals surface area contributed by atoms with Gasteiger partial charge in [-0.3, -0.25) is 5.32 Å². The molecule has 0 unspecified atom stereocenters. The fourth-order valence-electron chi connectivity index (χ4n) is 2.98. The molecule has 36 heavy (non-hydrogen) atoms. The fourth-order valence-corrected chi connectivity index (χ4v) is 3.14. The number of imidazole rings is 1. The van der Waals surface area contributed by atoms with Crippen molar-refractivity contribution < 1.29 is 32.2 Å². The number of pyridine rings is 1. The molecule has 186 valence electrons. The molecule has 2 heterocycles. The Morgan fingerprint density at radius 1 is 1.03 bits per heavy atom. The van der Waals surface area contributed by atoms with E-state index in [9.17, 15) is 22.8 Å². The van der Waals surface area contributed by atoms with Crippen molar-refractivity contribution >= 4 is 52.1 Å². The number of nitrogens with one attached hydrogen (secondary N) is 4. The zero-order valence-electron chi connectivity index (χ0n) is 18.2. The van der Waals surface area contributed by atoms with Crippen LogP contribution in [0.5, 0.6) is 11.6 Å². The van der Waals surface area contributed by atoms with Crippen LogP contribution in [0.2, 0.25) is 5.02 Å². The van der Waals surface area contributed by atoms with Gasteiger partial charge in [0, 0.05) is 12.1 Å². The van der Waals surface area contributed by atoms with Crippen LogP contribution in [-0.4, -0.2) is 34.2 Å². The van der Waals surface area contributed by atoms with Gasteiger partial charge >= 0.3 is 18.3 Å². The van der Waals surface area contributed by atoms with Gasteiger partial charge in [-0.2, -0.15) is 13.2 Å². The second kappa shape index (κ2) is 10.00. The first-order chi connectivity index (χ1) is 17.1. The smallest absolute Gasteiger partial charge is 0.416 e. The second-order valence-electron chi connectivity index (χ2n) is 7.14.